The summed E-state index contributed by atoms with van der Waals surface area (Å²) in [6.07, 6.45) is 1.94. The maximum atomic E-state index is 12.5. The van der Waals surface area contributed by atoms with E-state index in [1.807, 2.05) is 24.3 Å². The molecule has 1 fully saturated rings. The van der Waals surface area contributed by atoms with Crippen molar-refractivity contribution in [2.75, 3.05) is 6.54 Å². The monoisotopic (exact) mass is 428 g/mol. The summed E-state index contributed by atoms with van der Waals surface area (Å²) in [5, 5.41) is 1.69. The van der Waals surface area contributed by atoms with Crippen LogP contribution in [0.3, 0.4) is 0 Å². The molecule has 0 saturated heterocycles. The third-order valence-electron chi connectivity index (χ3n) is 3.72. The van der Waals surface area contributed by atoms with Gasteiger partial charge in [-0.2, -0.15) is 0 Å². The van der Waals surface area contributed by atoms with Gasteiger partial charge in [0.25, 0.3) is 10.0 Å². The molecule has 8 heteroatoms. The van der Waals surface area contributed by atoms with E-state index in [-0.39, 0.29) is 22.7 Å². The average molecular weight is 429 g/mol. The van der Waals surface area contributed by atoms with Crippen molar-refractivity contribution in [1.29, 1.82) is 0 Å². The summed E-state index contributed by atoms with van der Waals surface area (Å²) < 4.78 is 27.8. The Bertz CT molecular complexity index is 818. The third-order valence-corrected chi connectivity index (χ3v) is 7.02. The summed E-state index contributed by atoms with van der Waals surface area (Å²) in [6.45, 7) is 0.272. The van der Waals surface area contributed by atoms with Crippen LogP contribution in [0.2, 0.25) is 0 Å². The standard InChI is InChI=1S/C16H17BrN2O3S2/c17-13-4-1-3-12(9-13)11-19(14-6-7-14)15(20)10-18-24(21,22)16-5-2-8-23-16/h1-5,8-9,14,18H,6-7,10-11H2. The first-order valence-corrected chi connectivity index (χ1v) is 10.7. The minimum absolute atomic E-state index is 0.197. The number of carbonyl (C=O) groups excluding carboxylic acids is 1. The first-order valence-electron chi connectivity index (χ1n) is 7.53. The van der Waals surface area contributed by atoms with E-state index in [9.17, 15) is 13.2 Å². The molecule has 1 aromatic heterocycles. The van der Waals surface area contributed by atoms with Crippen LogP contribution < -0.4 is 4.72 Å². The fourth-order valence-corrected chi connectivity index (χ4v) is 4.84. The minimum Gasteiger partial charge on any atom is -0.334 e. The van der Waals surface area contributed by atoms with E-state index in [1.54, 1.807) is 16.3 Å². The van der Waals surface area contributed by atoms with Crippen molar-refractivity contribution in [2.45, 2.75) is 29.6 Å². The Kier molecular flexibility index (Phi) is 5.39. The van der Waals surface area contributed by atoms with Gasteiger partial charge in [-0.25, -0.2) is 13.1 Å². The van der Waals surface area contributed by atoms with E-state index in [2.05, 4.69) is 20.7 Å². The molecule has 1 aliphatic rings. The van der Waals surface area contributed by atoms with Crippen LogP contribution in [0, 0.1) is 0 Å². The lowest BCUT2D eigenvalue weighted by Crippen LogP contribution is -2.40. The predicted octanol–water partition coefficient (Wildman–Crippen LogP) is 2.98. The largest absolute Gasteiger partial charge is 0.334 e. The van der Waals surface area contributed by atoms with Crippen LogP contribution in [0.25, 0.3) is 0 Å². The summed E-state index contributed by atoms with van der Waals surface area (Å²) in [5.41, 5.74) is 1.02. The van der Waals surface area contributed by atoms with E-state index in [0.717, 1.165) is 34.2 Å². The molecule has 0 radical (unpaired) electrons. The maximum Gasteiger partial charge on any atom is 0.250 e. The first kappa shape index (κ1) is 17.6. The van der Waals surface area contributed by atoms with E-state index < -0.39 is 10.0 Å². The molecule has 2 aromatic rings. The molecule has 1 amide bonds. The van der Waals surface area contributed by atoms with Crippen molar-refractivity contribution in [3.63, 3.8) is 0 Å². The molecule has 5 nitrogen and oxygen atoms in total. The highest BCUT2D eigenvalue weighted by molar-refractivity contribution is 9.10. The lowest BCUT2D eigenvalue weighted by molar-refractivity contribution is -0.131. The molecule has 0 unspecified atom stereocenters. The van der Waals surface area contributed by atoms with Gasteiger partial charge in [0.05, 0.1) is 6.54 Å². The molecule has 1 aliphatic carbocycles. The molecule has 1 N–H and O–H groups in total. The second-order valence-electron chi connectivity index (χ2n) is 5.64. The molecule has 24 heavy (non-hydrogen) atoms. The molecule has 0 bridgehead atoms. The number of rotatable bonds is 7. The van der Waals surface area contributed by atoms with Crippen molar-refractivity contribution >= 4 is 43.2 Å². The number of sulfonamides is 1. The van der Waals surface area contributed by atoms with E-state index in [1.165, 1.54) is 6.07 Å². The quantitative estimate of drug-likeness (QED) is 0.736. The first-order chi connectivity index (χ1) is 11.5. The normalized spacial score (nSPS) is 14.5. The van der Waals surface area contributed by atoms with Crippen LogP contribution in [-0.4, -0.2) is 31.8 Å². The van der Waals surface area contributed by atoms with Gasteiger partial charge in [0, 0.05) is 17.1 Å². The smallest absolute Gasteiger partial charge is 0.250 e. The molecule has 1 aromatic carbocycles. The number of hydrogen-bond acceptors (Lipinski definition) is 4. The minimum atomic E-state index is -3.62. The lowest BCUT2D eigenvalue weighted by Gasteiger charge is -2.23. The zero-order valence-corrected chi connectivity index (χ0v) is 16.0. The molecule has 0 aliphatic heterocycles. The third kappa shape index (κ3) is 4.44. The Hall–Kier alpha value is -1.22. The number of nitrogens with one attached hydrogen (secondary N) is 1. The Labute approximate surface area is 153 Å². The summed E-state index contributed by atoms with van der Waals surface area (Å²) in [6, 6.07) is 11.2. The van der Waals surface area contributed by atoms with Gasteiger partial charge in [-0.1, -0.05) is 34.1 Å². The van der Waals surface area contributed by atoms with Crippen LogP contribution >= 0.6 is 27.3 Å². The summed E-state index contributed by atoms with van der Waals surface area (Å²) in [5.74, 6) is -0.197. The van der Waals surface area contributed by atoms with Gasteiger partial charge in [-0.3, -0.25) is 4.79 Å². The molecule has 128 valence electrons. The molecule has 0 atom stereocenters. The summed E-state index contributed by atoms with van der Waals surface area (Å²) >= 11 is 4.56. The van der Waals surface area contributed by atoms with Crippen LogP contribution in [-0.2, 0) is 21.4 Å². The van der Waals surface area contributed by atoms with Crippen LogP contribution in [0.5, 0.6) is 0 Å². The van der Waals surface area contributed by atoms with Crippen molar-refractivity contribution < 1.29 is 13.2 Å². The number of thiophene rings is 1. The van der Waals surface area contributed by atoms with E-state index in [0.29, 0.717) is 6.54 Å². The zero-order valence-electron chi connectivity index (χ0n) is 12.8. The Balaban J connectivity index is 1.65. The molecular weight excluding hydrogens is 412 g/mol. The topological polar surface area (TPSA) is 66.5 Å². The van der Waals surface area contributed by atoms with E-state index in [4.69, 9.17) is 0 Å². The summed E-state index contributed by atoms with van der Waals surface area (Å²) in [4.78, 5) is 14.3. The number of carbonyl (C=O) groups is 1. The van der Waals surface area contributed by atoms with Gasteiger partial charge in [-0.05, 0) is 42.0 Å². The number of hydrogen-bond donors (Lipinski definition) is 1. The highest BCUT2D eigenvalue weighted by Gasteiger charge is 2.33. The molecule has 1 heterocycles. The number of nitrogens with zero attached hydrogens (tertiary/aromatic N) is 1. The van der Waals surface area contributed by atoms with E-state index >= 15 is 0 Å². The highest BCUT2D eigenvalue weighted by atomic mass is 79.9. The molecule has 0 spiro atoms. The Morgan fingerprint density at radius 1 is 1.29 bits per heavy atom. The van der Waals surface area contributed by atoms with Crippen molar-refractivity contribution in [2.24, 2.45) is 0 Å². The molecule has 1 saturated carbocycles. The maximum absolute atomic E-state index is 12.5. The van der Waals surface area contributed by atoms with Gasteiger partial charge in [0.15, 0.2) is 0 Å². The van der Waals surface area contributed by atoms with Crippen LogP contribution in [0.4, 0.5) is 0 Å². The van der Waals surface area contributed by atoms with Gasteiger partial charge < -0.3 is 4.90 Å². The second kappa shape index (κ2) is 7.35. The predicted molar refractivity (Wildman–Crippen MR) is 97.2 cm³/mol. The fourth-order valence-electron chi connectivity index (χ4n) is 2.38. The summed E-state index contributed by atoms with van der Waals surface area (Å²) in [7, 11) is -3.62. The number of halogens is 1. The molecule has 3 rings (SSSR count). The van der Waals surface area contributed by atoms with Crippen molar-refractivity contribution in [3.8, 4) is 0 Å². The average Bonchev–Trinajstić information content (AvgIpc) is 3.22. The fraction of sp³-hybridized carbons (Fsp3) is 0.312. The van der Waals surface area contributed by atoms with Gasteiger partial charge in [0.1, 0.15) is 4.21 Å². The Morgan fingerprint density at radius 2 is 2.08 bits per heavy atom. The highest BCUT2D eigenvalue weighted by Crippen LogP contribution is 2.29. The van der Waals surface area contributed by atoms with Crippen LogP contribution in [0.1, 0.15) is 18.4 Å². The zero-order chi connectivity index (χ0) is 17.2. The second-order valence-corrected chi connectivity index (χ2v) is 9.50. The lowest BCUT2D eigenvalue weighted by atomic mass is 10.2. The van der Waals surface area contributed by atoms with Gasteiger partial charge in [-0.15, -0.1) is 11.3 Å². The van der Waals surface area contributed by atoms with Crippen LogP contribution in [0.15, 0.2) is 50.5 Å². The van der Waals surface area contributed by atoms with Gasteiger partial charge in [0.2, 0.25) is 5.91 Å². The van der Waals surface area contributed by atoms with Crippen molar-refractivity contribution in [3.05, 3.63) is 51.8 Å². The Morgan fingerprint density at radius 3 is 2.71 bits per heavy atom. The molecular formula is C16H17BrN2O3S2. The number of benzene rings is 1. The SMILES string of the molecule is O=C(CNS(=O)(=O)c1cccs1)N(Cc1cccc(Br)c1)C1CC1. The van der Waals surface area contributed by atoms with Crippen molar-refractivity contribution in [1.82, 2.24) is 9.62 Å². The number of amides is 1. The van der Waals surface area contributed by atoms with Gasteiger partial charge >= 0.3 is 0 Å².